The maximum atomic E-state index is 13.6. The van der Waals surface area contributed by atoms with Gasteiger partial charge in [-0.2, -0.15) is 0 Å². The Hall–Kier alpha value is -2.97. The highest BCUT2D eigenvalue weighted by Crippen LogP contribution is 2.39. The maximum Gasteiger partial charge on any atom is 0.410 e. The third-order valence-electron chi connectivity index (χ3n) is 7.88. The van der Waals surface area contributed by atoms with Crippen LogP contribution in [-0.4, -0.2) is 88.4 Å². The standard InChI is InChI=1S/C29H43N3O6/c1-5-22-18-30(27(34)35)15-16-32(22)26(33)21-11-12-25(24(17-21)20-9-7-6-8-10-20)37-23-13-14-31(19-23)28(36)38-29(2,3)4/h11-12,17,20,22-23H,5-10,13-16,18-19H2,1-4H3,(H,34,35)/t22-,23-/m0/s1. The lowest BCUT2D eigenvalue weighted by Crippen LogP contribution is -2.56. The van der Waals surface area contributed by atoms with Gasteiger partial charge in [-0.1, -0.05) is 26.2 Å². The second-order valence-corrected chi connectivity index (χ2v) is 11.8. The number of hydrogen-bond acceptors (Lipinski definition) is 5. The van der Waals surface area contributed by atoms with Crippen LogP contribution in [0.25, 0.3) is 0 Å². The molecule has 1 N–H and O–H groups in total. The summed E-state index contributed by atoms with van der Waals surface area (Å²) in [5.74, 6) is 1.08. The normalized spacial score (nSPS) is 22.9. The molecule has 1 aromatic rings. The molecule has 3 aliphatic rings. The van der Waals surface area contributed by atoms with E-state index in [2.05, 4.69) is 0 Å². The lowest BCUT2D eigenvalue weighted by atomic mass is 9.83. The molecule has 2 atom stereocenters. The zero-order valence-electron chi connectivity index (χ0n) is 23.3. The number of carboxylic acid groups (broad SMARTS) is 1. The van der Waals surface area contributed by atoms with Crippen LogP contribution in [-0.2, 0) is 4.74 Å². The van der Waals surface area contributed by atoms with Crippen molar-refractivity contribution in [3.8, 4) is 5.75 Å². The third-order valence-corrected chi connectivity index (χ3v) is 7.88. The van der Waals surface area contributed by atoms with Gasteiger partial charge in [0.05, 0.1) is 6.54 Å². The van der Waals surface area contributed by atoms with Gasteiger partial charge in [0.25, 0.3) is 5.91 Å². The van der Waals surface area contributed by atoms with E-state index in [0.29, 0.717) is 50.6 Å². The third kappa shape index (κ3) is 6.72. The SMILES string of the molecule is CC[C@H]1CN(C(=O)O)CCN1C(=O)c1ccc(O[C@H]2CCN(C(=O)OC(C)(C)C)C2)c(C2CCCCC2)c1. The van der Waals surface area contributed by atoms with Gasteiger partial charge >= 0.3 is 12.2 Å². The predicted octanol–water partition coefficient (Wildman–Crippen LogP) is 5.34. The molecule has 1 aliphatic carbocycles. The average Bonchev–Trinajstić information content (AvgIpc) is 3.36. The zero-order valence-corrected chi connectivity index (χ0v) is 23.3. The van der Waals surface area contributed by atoms with Crippen molar-refractivity contribution >= 4 is 18.1 Å². The minimum Gasteiger partial charge on any atom is -0.488 e. The highest BCUT2D eigenvalue weighted by atomic mass is 16.6. The molecule has 3 amide bonds. The Morgan fingerprint density at radius 2 is 1.71 bits per heavy atom. The molecule has 0 radical (unpaired) electrons. The van der Waals surface area contributed by atoms with Crippen LogP contribution in [0, 0.1) is 0 Å². The number of hydrogen-bond donors (Lipinski definition) is 1. The van der Waals surface area contributed by atoms with E-state index in [-0.39, 0.29) is 24.1 Å². The van der Waals surface area contributed by atoms with Crippen molar-refractivity contribution in [1.82, 2.24) is 14.7 Å². The Balaban J connectivity index is 1.51. The van der Waals surface area contributed by atoms with Gasteiger partial charge in [0.15, 0.2) is 0 Å². The fourth-order valence-corrected chi connectivity index (χ4v) is 5.83. The number of amides is 3. The molecule has 2 aliphatic heterocycles. The minimum absolute atomic E-state index is 0.0533. The van der Waals surface area contributed by atoms with Crippen molar-refractivity contribution in [2.45, 2.75) is 96.3 Å². The van der Waals surface area contributed by atoms with Gasteiger partial charge in [0, 0.05) is 44.2 Å². The topological polar surface area (TPSA) is 99.6 Å². The first-order valence-electron chi connectivity index (χ1n) is 14.1. The van der Waals surface area contributed by atoms with E-state index in [1.54, 1.807) is 4.90 Å². The summed E-state index contributed by atoms with van der Waals surface area (Å²) >= 11 is 0. The summed E-state index contributed by atoms with van der Waals surface area (Å²) in [4.78, 5) is 42.5. The summed E-state index contributed by atoms with van der Waals surface area (Å²) in [6.45, 7) is 9.71. The van der Waals surface area contributed by atoms with E-state index in [1.165, 1.54) is 11.3 Å². The van der Waals surface area contributed by atoms with Gasteiger partial charge in [-0.25, -0.2) is 9.59 Å². The molecule has 4 rings (SSSR count). The Labute approximate surface area is 226 Å². The first-order valence-corrected chi connectivity index (χ1v) is 14.1. The van der Waals surface area contributed by atoms with Crippen molar-refractivity contribution < 1.29 is 29.0 Å². The number of rotatable bonds is 5. The van der Waals surface area contributed by atoms with Crippen LogP contribution in [0.15, 0.2) is 18.2 Å². The molecular formula is C29H43N3O6. The maximum absolute atomic E-state index is 13.6. The lowest BCUT2D eigenvalue weighted by Gasteiger charge is -2.40. The molecule has 38 heavy (non-hydrogen) atoms. The molecule has 3 fully saturated rings. The summed E-state index contributed by atoms with van der Waals surface area (Å²) in [6, 6.07) is 5.62. The highest BCUT2D eigenvalue weighted by molar-refractivity contribution is 5.95. The molecule has 9 heteroatoms. The zero-order chi connectivity index (χ0) is 27.4. The fourth-order valence-electron chi connectivity index (χ4n) is 5.83. The number of likely N-dealkylation sites (tertiary alicyclic amines) is 1. The average molecular weight is 530 g/mol. The Morgan fingerprint density at radius 1 is 0.974 bits per heavy atom. The molecular weight excluding hydrogens is 486 g/mol. The van der Waals surface area contributed by atoms with E-state index in [0.717, 1.165) is 43.4 Å². The van der Waals surface area contributed by atoms with Gasteiger partial charge < -0.3 is 29.3 Å². The minimum atomic E-state index is -0.936. The van der Waals surface area contributed by atoms with Crippen molar-refractivity contribution in [2.75, 3.05) is 32.7 Å². The van der Waals surface area contributed by atoms with E-state index in [9.17, 15) is 19.5 Å². The van der Waals surface area contributed by atoms with E-state index in [4.69, 9.17) is 9.47 Å². The highest BCUT2D eigenvalue weighted by Gasteiger charge is 2.34. The summed E-state index contributed by atoms with van der Waals surface area (Å²) in [7, 11) is 0. The van der Waals surface area contributed by atoms with Gasteiger partial charge in [-0.3, -0.25) is 4.79 Å². The molecule has 2 heterocycles. The first kappa shape index (κ1) is 28.0. The quantitative estimate of drug-likeness (QED) is 0.553. The lowest BCUT2D eigenvalue weighted by molar-refractivity contribution is 0.0275. The monoisotopic (exact) mass is 529 g/mol. The molecule has 210 valence electrons. The van der Waals surface area contributed by atoms with Crippen molar-refractivity contribution in [3.63, 3.8) is 0 Å². The Bertz CT molecular complexity index is 1020. The van der Waals surface area contributed by atoms with Gasteiger partial charge in [-0.15, -0.1) is 0 Å². The number of nitrogens with zero attached hydrogens (tertiary/aromatic N) is 3. The summed E-state index contributed by atoms with van der Waals surface area (Å²) < 4.78 is 12.0. The second kappa shape index (κ2) is 11.8. The van der Waals surface area contributed by atoms with Crippen LogP contribution in [0.4, 0.5) is 9.59 Å². The summed E-state index contributed by atoms with van der Waals surface area (Å²) in [5, 5.41) is 9.40. The van der Waals surface area contributed by atoms with Crippen LogP contribution in [0.1, 0.15) is 94.5 Å². The Morgan fingerprint density at radius 3 is 2.37 bits per heavy atom. The second-order valence-electron chi connectivity index (χ2n) is 11.8. The van der Waals surface area contributed by atoms with Crippen molar-refractivity contribution in [3.05, 3.63) is 29.3 Å². The molecule has 1 saturated carbocycles. The van der Waals surface area contributed by atoms with Gasteiger partial charge in [-0.05, 0) is 69.7 Å². The molecule has 0 spiro atoms. The number of carbonyl (C=O) groups is 3. The van der Waals surface area contributed by atoms with Crippen LogP contribution in [0.3, 0.4) is 0 Å². The smallest absolute Gasteiger partial charge is 0.410 e. The van der Waals surface area contributed by atoms with E-state index >= 15 is 0 Å². The van der Waals surface area contributed by atoms with Crippen LogP contribution < -0.4 is 4.74 Å². The number of benzene rings is 1. The molecule has 2 saturated heterocycles. The van der Waals surface area contributed by atoms with Crippen LogP contribution in [0.2, 0.25) is 0 Å². The fraction of sp³-hybridized carbons (Fsp3) is 0.690. The van der Waals surface area contributed by atoms with Crippen LogP contribution in [0.5, 0.6) is 5.75 Å². The molecule has 9 nitrogen and oxygen atoms in total. The summed E-state index contributed by atoms with van der Waals surface area (Å²) in [6.07, 6.45) is 5.73. The van der Waals surface area contributed by atoms with Gasteiger partial charge in [0.1, 0.15) is 17.5 Å². The van der Waals surface area contributed by atoms with Gasteiger partial charge in [0.2, 0.25) is 0 Å². The largest absolute Gasteiger partial charge is 0.488 e. The summed E-state index contributed by atoms with van der Waals surface area (Å²) in [5.41, 5.74) is 1.16. The van der Waals surface area contributed by atoms with Crippen molar-refractivity contribution in [2.24, 2.45) is 0 Å². The number of piperazine rings is 1. The van der Waals surface area contributed by atoms with Crippen molar-refractivity contribution in [1.29, 1.82) is 0 Å². The van der Waals surface area contributed by atoms with E-state index in [1.807, 2.05) is 50.8 Å². The molecule has 0 unspecified atom stereocenters. The number of ether oxygens (including phenoxy) is 2. The molecule has 1 aromatic carbocycles. The predicted molar refractivity (Wildman–Crippen MR) is 144 cm³/mol. The van der Waals surface area contributed by atoms with E-state index < -0.39 is 11.7 Å². The van der Waals surface area contributed by atoms with Crippen LogP contribution >= 0.6 is 0 Å². The number of carbonyl (C=O) groups excluding carboxylic acids is 2. The molecule has 0 aromatic heterocycles. The first-order chi connectivity index (χ1) is 18.1. The Kier molecular flexibility index (Phi) is 8.73. The molecule has 0 bridgehead atoms.